The Bertz CT molecular complexity index is 101. The summed E-state index contributed by atoms with van der Waals surface area (Å²) in [5, 5.41) is 18.6. The van der Waals surface area contributed by atoms with E-state index in [4.69, 9.17) is 0 Å². The second-order valence-corrected chi connectivity index (χ2v) is 3.82. The Morgan fingerprint density at radius 3 is 2.00 bits per heavy atom. The van der Waals surface area contributed by atoms with Crippen molar-refractivity contribution in [3.63, 3.8) is 0 Å². The zero-order chi connectivity index (χ0) is 9.40. The van der Waals surface area contributed by atoms with Gasteiger partial charge in [0.15, 0.2) is 0 Å². The van der Waals surface area contributed by atoms with Crippen molar-refractivity contribution in [2.75, 3.05) is 11.5 Å². The van der Waals surface area contributed by atoms with Gasteiger partial charge < -0.3 is 10.2 Å². The van der Waals surface area contributed by atoms with E-state index < -0.39 is 6.10 Å². The van der Waals surface area contributed by atoms with Crippen LogP contribution in [0.3, 0.4) is 0 Å². The highest BCUT2D eigenvalue weighted by molar-refractivity contribution is 7.80. The predicted molar refractivity (Wildman–Crippen MR) is 58.2 cm³/mol. The first-order chi connectivity index (χ1) is 5.70. The van der Waals surface area contributed by atoms with Crippen LogP contribution in [-0.4, -0.2) is 33.9 Å². The Hall–Kier alpha value is 0.620. The van der Waals surface area contributed by atoms with E-state index in [-0.39, 0.29) is 6.10 Å². The van der Waals surface area contributed by atoms with Crippen LogP contribution in [0.5, 0.6) is 0 Å². The summed E-state index contributed by atoms with van der Waals surface area (Å²) in [6.45, 7) is 0. The maximum atomic E-state index is 9.36. The van der Waals surface area contributed by atoms with E-state index in [1.807, 2.05) is 0 Å². The molecule has 0 bridgehead atoms. The smallest absolute Gasteiger partial charge is 0.0572 e. The Balaban J connectivity index is 3.33. The van der Waals surface area contributed by atoms with E-state index in [1.165, 1.54) is 0 Å². The Morgan fingerprint density at radius 1 is 0.917 bits per heavy atom. The lowest BCUT2D eigenvalue weighted by molar-refractivity contribution is 0.0742. The summed E-state index contributed by atoms with van der Waals surface area (Å²) in [7, 11) is 0. The Kier molecular flexibility index (Phi) is 8.65. The van der Waals surface area contributed by atoms with Gasteiger partial charge in [-0.2, -0.15) is 25.3 Å². The minimum absolute atomic E-state index is 0.382. The van der Waals surface area contributed by atoms with E-state index in [2.05, 4.69) is 25.3 Å². The van der Waals surface area contributed by atoms with Gasteiger partial charge in [0.1, 0.15) is 0 Å². The minimum Gasteiger partial charge on any atom is -0.393 e. The largest absolute Gasteiger partial charge is 0.393 e. The van der Waals surface area contributed by atoms with Crippen molar-refractivity contribution in [2.24, 2.45) is 0 Å². The topological polar surface area (TPSA) is 40.5 Å². The number of hydrogen-bond donors (Lipinski definition) is 4. The van der Waals surface area contributed by atoms with Crippen molar-refractivity contribution in [1.82, 2.24) is 0 Å². The van der Waals surface area contributed by atoms with E-state index >= 15 is 0 Å². The maximum Gasteiger partial charge on any atom is 0.0572 e. The second kappa shape index (κ2) is 8.23. The Morgan fingerprint density at radius 2 is 1.50 bits per heavy atom. The van der Waals surface area contributed by atoms with Crippen LogP contribution in [0.1, 0.15) is 25.7 Å². The molecule has 4 heteroatoms. The summed E-state index contributed by atoms with van der Waals surface area (Å²) < 4.78 is 0. The highest BCUT2D eigenvalue weighted by Gasteiger charge is 2.10. The van der Waals surface area contributed by atoms with Crippen molar-refractivity contribution >= 4 is 25.3 Å². The number of thiol groups is 2. The Labute approximate surface area is 85.2 Å². The first-order valence-electron chi connectivity index (χ1n) is 4.28. The van der Waals surface area contributed by atoms with Crippen LogP contribution < -0.4 is 0 Å². The van der Waals surface area contributed by atoms with E-state index in [0.717, 1.165) is 18.6 Å². The van der Waals surface area contributed by atoms with Crippen LogP contribution in [0.15, 0.2) is 0 Å². The maximum absolute atomic E-state index is 9.36. The van der Waals surface area contributed by atoms with Gasteiger partial charge in [0.25, 0.3) is 0 Å². The van der Waals surface area contributed by atoms with Crippen molar-refractivity contribution in [3.8, 4) is 0 Å². The van der Waals surface area contributed by atoms with Crippen LogP contribution in [0.25, 0.3) is 0 Å². The zero-order valence-corrected chi connectivity index (χ0v) is 8.98. The normalized spacial score (nSPS) is 16.0. The molecule has 0 aliphatic heterocycles. The fourth-order valence-corrected chi connectivity index (χ4v) is 1.51. The number of rotatable bonds is 7. The van der Waals surface area contributed by atoms with Gasteiger partial charge in [-0.05, 0) is 37.2 Å². The molecule has 2 nitrogen and oxygen atoms in total. The standard InChI is InChI=1S/C8H18O2S2/c9-7(2-1-4-11)6-8(10)3-5-12/h7-12H,1-6H2. The minimum atomic E-state index is -0.405. The molecule has 12 heavy (non-hydrogen) atoms. The molecule has 0 heterocycles. The third-order valence-corrected chi connectivity index (χ3v) is 2.28. The number of aliphatic hydroxyl groups is 2. The molecule has 0 aliphatic carbocycles. The molecule has 0 spiro atoms. The molecule has 0 fully saturated rings. The molecule has 74 valence electrons. The van der Waals surface area contributed by atoms with Gasteiger partial charge >= 0.3 is 0 Å². The summed E-state index contributed by atoms with van der Waals surface area (Å²) >= 11 is 8.04. The van der Waals surface area contributed by atoms with Crippen LogP contribution in [0.2, 0.25) is 0 Å². The van der Waals surface area contributed by atoms with Gasteiger partial charge in [-0.1, -0.05) is 0 Å². The lowest BCUT2D eigenvalue weighted by atomic mass is 10.1. The third-order valence-electron chi connectivity index (χ3n) is 1.70. The van der Waals surface area contributed by atoms with Crippen molar-refractivity contribution in [2.45, 2.75) is 37.9 Å². The molecule has 2 unspecified atom stereocenters. The molecular weight excluding hydrogens is 192 g/mol. The molecule has 2 atom stereocenters. The molecule has 0 saturated carbocycles. The molecule has 0 radical (unpaired) electrons. The van der Waals surface area contributed by atoms with Crippen LogP contribution in [0, 0.1) is 0 Å². The summed E-state index contributed by atoms with van der Waals surface area (Å²) in [6.07, 6.45) is 1.96. The number of hydrogen-bond acceptors (Lipinski definition) is 4. The SMILES string of the molecule is OC(CCS)CC(O)CCCS. The molecule has 0 amide bonds. The van der Waals surface area contributed by atoms with E-state index in [9.17, 15) is 10.2 Å². The van der Waals surface area contributed by atoms with Gasteiger partial charge in [0.05, 0.1) is 12.2 Å². The zero-order valence-electron chi connectivity index (χ0n) is 7.19. The molecule has 0 aromatic heterocycles. The second-order valence-electron chi connectivity index (χ2n) is 2.92. The fraction of sp³-hybridized carbons (Fsp3) is 1.00. The van der Waals surface area contributed by atoms with Crippen molar-refractivity contribution in [3.05, 3.63) is 0 Å². The monoisotopic (exact) mass is 210 g/mol. The van der Waals surface area contributed by atoms with Crippen molar-refractivity contribution in [1.29, 1.82) is 0 Å². The summed E-state index contributed by atoms with van der Waals surface area (Å²) in [5.74, 6) is 1.46. The molecule has 0 aromatic carbocycles. The predicted octanol–water partition coefficient (Wildman–Crippen LogP) is 1.13. The van der Waals surface area contributed by atoms with Crippen LogP contribution >= 0.6 is 25.3 Å². The third kappa shape index (κ3) is 7.28. The van der Waals surface area contributed by atoms with Crippen molar-refractivity contribution < 1.29 is 10.2 Å². The lowest BCUT2D eigenvalue weighted by Crippen LogP contribution is -2.18. The van der Waals surface area contributed by atoms with Gasteiger partial charge in [0.2, 0.25) is 0 Å². The van der Waals surface area contributed by atoms with Crippen LogP contribution in [0.4, 0.5) is 0 Å². The highest BCUT2D eigenvalue weighted by atomic mass is 32.1. The summed E-state index contributed by atoms with van der Waals surface area (Å²) in [4.78, 5) is 0. The molecular formula is C8H18O2S2. The molecule has 0 aromatic rings. The molecule has 0 saturated heterocycles. The first kappa shape index (κ1) is 12.6. The van der Waals surface area contributed by atoms with Gasteiger partial charge in [-0.3, -0.25) is 0 Å². The average molecular weight is 210 g/mol. The average Bonchev–Trinajstić information content (AvgIpc) is 2.01. The summed E-state index contributed by atoms with van der Waals surface area (Å²) in [5.41, 5.74) is 0. The fourth-order valence-electron chi connectivity index (χ4n) is 1.03. The number of aliphatic hydroxyl groups excluding tert-OH is 2. The first-order valence-corrected chi connectivity index (χ1v) is 5.55. The molecule has 2 N–H and O–H groups in total. The van der Waals surface area contributed by atoms with Gasteiger partial charge in [-0.15, -0.1) is 0 Å². The lowest BCUT2D eigenvalue weighted by Gasteiger charge is -2.13. The van der Waals surface area contributed by atoms with E-state index in [1.54, 1.807) is 0 Å². The van der Waals surface area contributed by atoms with Crippen LogP contribution in [-0.2, 0) is 0 Å². The van der Waals surface area contributed by atoms with E-state index in [0.29, 0.717) is 18.6 Å². The summed E-state index contributed by atoms with van der Waals surface area (Å²) in [6, 6.07) is 0. The molecule has 0 aliphatic rings. The quantitative estimate of drug-likeness (QED) is 0.476. The molecule has 0 rings (SSSR count). The highest BCUT2D eigenvalue weighted by Crippen LogP contribution is 2.08. The van der Waals surface area contributed by atoms with Gasteiger partial charge in [0, 0.05) is 0 Å². The van der Waals surface area contributed by atoms with Gasteiger partial charge in [-0.25, -0.2) is 0 Å².